The van der Waals surface area contributed by atoms with Gasteiger partial charge in [-0.1, -0.05) is 12.1 Å². The van der Waals surface area contributed by atoms with Crippen molar-refractivity contribution in [3.63, 3.8) is 0 Å². The summed E-state index contributed by atoms with van der Waals surface area (Å²) in [6.45, 7) is 2.69. The van der Waals surface area contributed by atoms with Gasteiger partial charge in [0.1, 0.15) is 41.1 Å². The van der Waals surface area contributed by atoms with Crippen LogP contribution in [0.5, 0.6) is 11.5 Å². The molecule has 2 aromatic rings. The highest BCUT2D eigenvalue weighted by atomic mass is 32.2. The number of aromatic nitrogens is 3. The second-order valence-electron chi connectivity index (χ2n) is 8.95. The van der Waals surface area contributed by atoms with E-state index >= 15 is 0 Å². The van der Waals surface area contributed by atoms with E-state index in [4.69, 9.17) is 9.57 Å². The molecule has 0 unspecified atom stereocenters. The van der Waals surface area contributed by atoms with Gasteiger partial charge in [-0.25, -0.2) is 13.4 Å². The van der Waals surface area contributed by atoms with E-state index in [0.717, 1.165) is 12.1 Å². The van der Waals surface area contributed by atoms with Crippen LogP contribution in [0.3, 0.4) is 0 Å². The minimum Gasteiger partial charge on any atom is -0.493 e. The number of benzene rings is 1. The largest absolute Gasteiger partial charge is 0.573 e. The van der Waals surface area contributed by atoms with Crippen molar-refractivity contribution in [2.45, 2.75) is 39.1 Å². The third kappa shape index (κ3) is 7.84. The third-order valence-corrected chi connectivity index (χ3v) is 7.14. The van der Waals surface area contributed by atoms with Crippen molar-refractivity contribution in [1.82, 2.24) is 14.8 Å². The summed E-state index contributed by atoms with van der Waals surface area (Å²) in [6, 6.07) is 5.21. The Morgan fingerprint density at radius 3 is 2.49 bits per heavy atom. The Hall–Kier alpha value is -2.83. The lowest BCUT2D eigenvalue weighted by Crippen LogP contribution is -2.46. The molecule has 0 N–H and O–H groups in total. The van der Waals surface area contributed by atoms with E-state index in [2.05, 4.69) is 20.0 Å². The van der Waals surface area contributed by atoms with E-state index in [0.29, 0.717) is 25.1 Å². The molecule has 1 aromatic heterocycles. The molecule has 3 rings (SSSR count). The molecule has 9 nitrogen and oxygen atoms in total. The number of halogens is 3. The molecule has 1 aliphatic rings. The van der Waals surface area contributed by atoms with Crippen LogP contribution in [-0.2, 0) is 21.2 Å². The molecule has 3 atom stereocenters. The number of hydrogen-bond donors (Lipinski definition) is 0. The van der Waals surface area contributed by atoms with Gasteiger partial charge in [0.05, 0.1) is 24.6 Å². The maximum atomic E-state index is 12.4. The summed E-state index contributed by atoms with van der Waals surface area (Å²) in [5.74, 6) is -0.138. The summed E-state index contributed by atoms with van der Waals surface area (Å²) in [7, 11) is -1.73. The lowest BCUT2D eigenvalue weighted by atomic mass is 9.63. The van der Waals surface area contributed by atoms with Gasteiger partial charge >= 0.3 is 6.36 Å². The molecule has 194 valence electrons. The molecular formula is C22H29F3N4O5S. The standard InChI is InChI=1S/C22H29F3N4O5S/c1-21(10-11-35(3,30)31)9-8-16(19(20(21)28-32-2)12-29-15-26-14-27-29)13-33-17-4-6-18(7-5-17)34-22(23,24)25/h4-7,14-16,19H,8-13H2,1-3H3/t16-,19-,21-/m0/s1. The Morgan fingerprint density at radius 2 is 1.91 bits per heavy atom. The fourth-order valence-electron chi connectivity index (χ4n) is 4.35. The monoisotopic (exact) mass is 518 g/mol. The molecule has 0 bridgehead atoms. The summed E-state index contributed by atoms with van der Waals surface area (Å²) in [6.07, 6.45) is 1.25. The molecule has 0 amide bonds. The van der Waals surface area contributed by atoms with Crippen LogP contribution in [0, 0.1) is 17.3 Å². The summed E-state index contributed by atoms with van der Waals surface area (Å²) in [5, 5.41) is 8.53. The lowest BCUT2D eigenvalue weighted by Gasteiger charge is -2.43. The summed E-state index contributed by atoms with van der Waals surface area (Å²) in [4.78, 5) is 9.16. The normalized spacial score (nSPS) is 24.3. The quantitative estimate of drug-likeness (QED) is 0.442. The van der Waals surface area contributed by atoms with Gasteiger partial charge in [0.2, 0.25) is 0 Å². The Labute approximate surface area is 202 Å². The van der Waals surface area contributed by atoms with E-state index in [-0.39, 0.29) is 29.9 Å². The molecule has 35 heavy (non-hydrogen) atoms. The smallest absolute Gasteiger partial charge is 0.493 e. The molecular weight excluding hydrogens is 489 g/mol. The number of nitrogens with zero attached hydrogens (tertiary/aromatic N) is 4. The van der Waals surface area contributed by atoms with Crippen LogP contribution in [-0.4, -0.2) is 61.0 Å². The van der Waals surface area contributed by atoms with Crippen molar-refractivity contribution >= 4 is 15.5 Å². The van der Waals surface area contributed by atoms with Crippen LogP contribution in [0.2, 0.25) is 0 Å². The maximum Gasteiger partial charge on any atom is 0.573 e. The number of hydrogen-bond acceptors (Lipinski definition) is 8. The second kappa shape index (κ2) is 10.8. The zero-order valence-electron chi connectivity index (χ0n) is 19.7. The van der Waals surface area contributed by atoms with Crippen molar-refractivity contribution in [2.24, 2.45) is 22.4 Å². The van der Waals surface area contributed by atoms with Crippen molar-refractivity contribution in [3.8, 4) is 11.5 Å². The average Bonchev–Trinajstić information content (AvgIpc) is 3.27. The lowest BCUT2D eigenvalue weighted by molar-refractivity contribution is -0.274. The zero-order chi connectivity index (χ0) is 25.7. The van der Waals surface area contributed by atoms with Gasteiger partial charge < -0.3 is 14.3 Å². The average molecular weight is 519 g/mol. The van der Waals surface area contributed by atoms with E-state index < -0.39 is 21.6 Å². The van der Waals surface area contributed by atoms with Crippen LogP contribution >= 0.6 is 0 Å². The topological polar surface area (TPSA) is 105 Å². The number of ether oxygens (including phenoxy) is 2. The minimum atomic E-state index is -4.76. The van der Waals surface area contributed by atoms with Crippen LogP contribution in [0.25, 0.3) is 0 Å². The fourth-order valence-corrected chi connectivity index (χ4v) is 5.17. The molecule has 1 heterocycles. The van der Waals surface area contributed by atoms with E-state index in [1.807, 2.05) is 6.92 Å². The number of rotatable bonds is 10. The van der Waals surface area contributed by atoms with Gasteiger partial charge in [0, 0.05) is 23.5 Å². The molecule has 1 fully saturated rings. The van der Waals surface area contributed by atoms with Gasteiger partial charge in [-0.2, -0.15) is 5.10 Å². The van der Waals surface area contributed by atoms with Gasteiger partial charge in [-0.15, -0.1) is 13.2 Å². The van der Waals surface area contributed by atoms with Crippen LogP contribution in [0.4, 0.5) is 13.2 Å². The Morgan fingerprint density at radius 1 is 1.23 bits per heavy atom. The maximum absolute atomic E-state index is 12.4. The SMILES string of the molecule is CON=C1[C@@H](Cn2cncn2)[C@H](COc2ccc(OC(F)(F)F)cc2)CC[C@@]1(C)CCS(C)(=O)=O. The third-order valence-electron chi connectivity index (χ3n) is 6.19. The first kappa shape index (κ1) is 26.8. The molecule has 1 saturated carbocycles. The van der Waals surface area contributed by atoms with Crippen LogP contribution < -0.4 is 9.47 Å². The first-order valence-electron chi connectivity index (χ1n) is 11.0. The number of alkyl halides is 3. The van der Waals surface area contributed by atoms with Gasteiger partial charge in [-0.05, 0) is 43.5 Å². The van der Waals surface area contributed by atoms with Crippen molar-refractivity contribution < 1.29 is 35.9 Å². The van der Waals surface area contributed by atoms with E-state index in [1.165, 1.54) is 44.0 Å². The van der Waals surface area contributed by atoms with Gasteiger partial charge in [-0.3, -0.25) is 4.68 Å². The predicted octanol–water partition coefficient (Wildman–Crippen LogP) is 3.73. The number of oxime groups is 1. The van der Waals surface area contributed by atoms with E-state index in [1.54, 1.807) is 11.0 Å². The number of sulfone groups is 1. The fraction of sp³-hybridized carbons (Fsp3) is 0.591. The molecule has 13 heteroatoms. The molecule has 1 aliphatic carbocycles. The molecule has 1 aromatic carbocycles. The van der Waals surface area contributed by atoms with E-state index in [9.17, 15) is 21.6 Å². The van der Waals surface area contributed by atoms with Crippen LogP contribution in [0.15, 0.2) is 42.1 Å². The molecule has 0 aliphatic heterocycles. The van der Waals surface area contributed by atoms with Crippen molar-refractivity contribution in [2.75, 3.05) is 25.7 Å². The van der Waals surface area contributed by atoms with Gasteiger partial charge in [0.25, 0.3) is 0 Å². The van der Waals surface area contributed by atoms with Gasteiger partial charge in [0.15, 0.2) is 0 Å². The highest BCUT2D eigenvalue weighted by Gasteiger charge is 2.45. The Kier molecular flexibility index (Phi) is 8.29. The summed E-state index contributed by atoms with van der Waals surface area (Å²) < 4.78 is 72.4. The molecule has 0 saturated heterocycles. The highest BCUT2D eigenvalue weighted by Crippen LogP contribution is 2.44. The predicted molar refractivity (Wildman–Crippen MR) is 122 cm³/mol. The van der Waals surface area contributed by atoms with Crippen molar-refractivity contribution in [3.05, 3.63) is 36.9 Å². The second-order valence-corrected chi connectivity index (χ2v) is 11.2. The summed E-state index contributed by atoms with van der Waals surface area (Å²) >= 11 is 0. The highest BCUT2D eigenvalue weighted by molar-refractivity contribution is 7.90. The van der Waals surface area contributed by atoms with Crippen LogP contribution in [0.1, 0.15) is 26.2 Å². The summed E-state index contributed by atoms with van der Waals surface area (Å²) in [5.41, 5.74) is 0.227. The minimum absolute atomic E-state index is 0.0236. The first-order chi connectivity index (χ1) is 16.4. The van der Waals surface area contributed by atoms with Crippen molar-refractivity contribution in [1.29, 1.82) is 0 Å². The molecule has 0 radical (unpaired) electrons. The Balaban J connectivity index is 1.79. The zero-order valence-corrected chi connectivity index (χ0v) is 20.6. The first-order valence-corrected chi connectivity index (χ1v) is 13.0. The Bertz CT molecular complexity index is 1090. The molecule has 0 spiro atoms.